The van der Waals surface area contributed by atoms with Gasteiger partial charge in [-0.25, -0.2) is 0 Å². The quantitative estimate of drug-likeness (QED) is 0.879. The van der Waals surface area contributed by atoms with Crippen molar-refractivity contribution in [3.05, 3.63) is 45.5 Å². The first-order valence-electron chi connectivity index (χ1n) is 5.29. The summed E-state index contributed by atoms with van der Waals surface area (Å²) in [7, 11) is 0. The van der Waals surface area contributed by atoms with Crippen LogP contribution in [0.15, 0.2) is 34.9 Å². The van der Waals surface area contributed by atoms with Crippen molar-refractivity contribution >= 4 is 22.9 Å². The summed E-state index contributed by atoms with van der Waals surface area (Å²) < 4.78 is 5.97. The number of hydrogen-bond donors (Lipinski definition) is 2. The van der Waals surface area contributed by atoms with Crippen LogP contribution in [0.25, 0.3) is 0 Å². The van der Waals surface area contributed by atoms with Crippen molar-refractivity contribution in [2.45, 2.75) is 19.1 Å². The van der Waals surface area contributed by atoms with Gasteiger partial charge in [0.05, 0.1) is 10.6 Å². The van der Waals surface area contributed by atoms with Gasteiger partial charge in [-0.3, -0.25) is 0 Å². The van der Waals surface area contributed by atoms with Crippen molar-refractivity contribution in [1.29, 1.82) is 0 Å². The molecule has 0 aliphatic rings. The van der Waals surface area contributed by atoms with E-state index in [4.69, 9.17) is 16.0 Å². The summed E-state index contributed by atoms with van der Waals surface area (Å²) in [5, 5.41) is 13.4. The fraction of sp³-hybridized carbons (Fsp3) is 0.333. The van der Waals surface area contributed by atoms with Crippen LogP contribution < -0.4 is 5.32 Å². The molecule has 2 rings (SSSR count). The van der Waals surface area contributed by atoms with Crippen molar-refractivity contribution in [2.75, 3.05) is 6.54 Å². The molecule has 2 aromatic heterocycles. The third-order valence-electron chi connectivity index (χ3n) is 2.45. The molecule has 2 heterocycles. The Kier molecular flexibility index (Phi) is 3.89. The fourth-order valence-electron chi connectivity index (χ4n) is 1.55. The van der Waals surface area contributed by atoms with E-state index >= 15 is 0 Å². The van der Waals surface area contributed by atoms with Crippen LogP contribution in [0.4, 0.5) is 0 Å². The molecule has 1 unspecified atom stereocenters. The molecule has 0 aliphatic carbocycles. The molecule has 1 atom stereocenters. The lowest BCUT2D eigenvalue weighted by Crippen LogP contribution is -2.34. The summed E-state index contributed by atoms with van der Waals surface area (Å²) in [6.07, 6.45) is 1.56. The number of halogens is 1. The SMILES string of the molecule is CC(O)(CNCc1ccc(Cl)s1)c1ccco1. The van der Waals surface area contributed by atoms with Gasteiger partial charge in [-0.05, 0) is 31.2 Å². The van der Waals surface area contributed by atoms with Crippen LogP contribution in [-0.2, 0) is 12.1 Å². The molecule has 0 aliphatic heterocycles. The summed E-state index contributed by atoms with van der Waals surface area (Å²) >= 11 is 7.37. The van der Waals surface area contributed by atoms with Gasteiger partial charge in [0, 0.05) is 18.0 Å². The van der Waals surface area contributed by atoms with E-state index < -0.39 is 5.60 Å². The smallest absolute Gasteiger partial charge is 0.136 e. The van der Waals surface area contributed by atoms with Gasteiger partial charge in [0.2, 0.25) is 0 Å². The Morgan fingerprint density at radius 2 is 2.29 bits per heavy atom. The highest BCUT2D eigenvalue weighted by Crippen LogP contribution is 2.22. The third-order valence-corrected chi connectivity index (χ3v) is 3.68. The zero-order valence-electron chi connectivity index (χ0n) is 9.44. The predicted octanol–water partition coefficient (Wildman–Crippen LogP) is 2.99. The van der Waals surface area contributed by atoms with Gasteiger partial charge in [-0.1, -0.05) is 11.6 Å². The average molecular weight is 272 g/mol. The Bertz CT molecular complexity index is 465. The Morgan fingerprint density at radius 1 is 1.47 bits per heavy atom. The minimum atomic E-state index is -0.995. The normalized spacial score (nSPS) is 14.8. The molecule has 92 valence electrons. The lowest BCUT2D eigenvalue weighted by molar-refractivity contribution is 0.0341. The third kappa shape index (κ3) is 3.33. The van der Waals surface area contributed by atoms with Crippen molar-refractivity contribution < 1.29 is 9.52 Å². The molecule has 0 bridgehead atoms. The molecular weight excluding hydrogens is 258 g/mol. The highest BCUT2D eigenvalue weighted by molar-refractivity contribution is 7.16. The first kappa shape index (κ1) is 12.6. The predicted molar refractivity (Wildman–Crippen MR) is 69.3 cm³/mol. The standard InChI is InChI=1S/C12H14ClNO2S/c1-12(15,10-3-2-6-16-10)8-14-7-9-4-5-11(13)17-9/h2-6,14-15H,7-8H2,1H3. The fourth-order valence-corrected chi connectivity index (χ4v) is 2.61. The van der Waals surface area contributed by atoms with Crippen molar-refractivity contribution in [3.8, 4) is 0 Å². The topological polar surface area (TPSA) is 45.4 Å². The van der Waals surface area contributed by atoms with Gasteiger partial charge in [0.15, 0.2) is 0 Å². The highest BCUT2D eigenvalue weighted by Gasteiger charge is 2.25. The summed E-state index contributed by atoms with van der Waals surface area (Å²) in [6, 6.07) is 7.38. The van der Waals surface area contributed by atoms with Crippen LogP contribution in [0.3, 0.4) is 0 Å². The highest BCUT2D eigenvalue weighted by atomic mass is 35.5. The Balaban J connectivity index is 1.86. The van der Waals surface area contributed by atoms with Crippen LogP contribution in [-0.4, -0.2) is 11.7 Å². The van der Waals surface area contributed by atoms with Crippen LogP contribution in [0.2, 0.25) is 4.34 Å². The molecular formula is C12H14ClNO2S. The van der Waals surface area contributed by atoms with E-state index in [1.165, 1.54) is 11.3 Å². The summed E-state index contributed by atoms with van der Waals surface area (Å²) in [4.78, 5) is 1.14. The molecule has 2 aromatic rings. The van der Waals surface area contributed by atoms with Crippen LogP contribution >= 0.6 is 22.9 Å². The molecule has 0 aromatic carbocycles. The van der Waals surface area contributed by atoms with E-state index in [2.05, 4.69) is 5.32 Å². The molecule has 0 fully saturated rings. The molecule has 0 amide bonds. The van der Waals surface area contributed by atoms with Crippen molar-refractivity contribution in [2.24, 2.45) is 0 Å². The molecule has 17 heavy (non-hydrogen) atoms. The molecule has 3 nitrogen and oxygen atoms in total. The first-order valence-corrected chi connectivity index (χ1v) is 6.49. The Morgan fingerprint density at radius 3 is 2.88 bits per heavy atom. The molecule has 0 saturated carbocycles. The van der Waals surface area contributed by atoms with Gasteiger partial charge in [0.25, 0.3) is 0 Å². The van der Waals surface area contributed by atoms with E-state index in [0.29, 0.717) is 18.8 Å². The number of nitrogens with one attached hydrogen (secondary N) is 1. The molecule has 0 spiro atoms. The van der Waals surface area contributed by atoms with E-state index in [-0.39, 0.29) is 0 Å². The van der Waals surface area contributed by atoms with Gasteiger partial charge < -0.3 is 14.8 Å². The second-order valence-electron chi connectivity index (χ2n) is 4.06. The van der Waals surface area contributed by atoms with E-state index in [1.54, 1.807) is 25.3 Å². The van der Waals surface area contributed by atoms with E-state index in [9.17, 15) is 5.11 Å². The number of aliphatic hydroxyl groups is 1. The largest absolute Gasteiger partial charge is 0.466 e. The summed E-state index contributed by atoms with van der Waals surface area (Å²) in [6.45, 7) is 2.84. The maximum absolute atomic E-state index is 10.2. The maximum atomic E-state index is 10.2. The van der Waals surface area contributed by atoms with Crippen molar-refractivity contribution in [1.82, 2.24) is 5.32 Å². The van der Waals surface area contributed by atoms with Gasteiger partial charge in [-0.2, -0.15) is 0 Å². The zero-order valence-corrected chi connectivity index (χ0v) is 11.0. The van der Waals surface area contributed by atoms with Gasteiger partial charge in [0.1, 0.15) is 11.4 Å². The molecule has 5 heteroatoms. The average Bonchev–Trinajstić information content (AvgIpc) is 2.89. The molecule has 2 N–H and O–H groups in total. The van der Waals surface area contributed by atoms with Crippen LogP contribution in [0.1, 0.15) is 17.6 Å². The second kappa shape index (κ2) is 5.23. The minimum Gasteiger partial charge on any atom is -0.466 e. The van der Waals surface area contributed by atoms with Crippen molar-refractivity contribution in [3.63, 3.8) is 0 Å². The number of thiophene rings is 1. The Hall–Kier alpha value is -0.810. The Labute approximate surface area is 109 Å². The maximum Gasteiger partial charge on any atom is 0.136 e. The van der Waals surface area contributed by atoms with Crippen LogP contribution in [0.5, 0.6) is 0 Å². The summed E-state index contributed by atoms with van der Waals surface area (Å²) in [5.74, 6) is 0.564. The first-order chi connectivity index (χ1) is 8.08. The lowest BCUT2D eigenvalue weighted by Gasteiger charge is -2.20. The molecule has 0 saturated heterocycles. The second-order valence-corrected chi connectivity index (χ2v) is 5.86. The number of furan rings is 1. The van der Waals surface area contributed by atoms with Gasteiger partial charge in [-0.15, -0.1) is 11.3 Å². The van der Waals surface area contributed by atoms with E-state index in [0.717, 1.165) is 9.21 Å². The van der Waals surface area contributed by atoms with Crippen LogP contribution in [0, 0.1) is 0 Å². The molecule has 0 radical (unpaired) electrons. The number of rotatable bonds is 5. The van der Waals surface area contributed by atoms with Gasteiger partial charge >= 0.3 is 0 Å². The lowest BCUT2D eigenvalue weighted by atomic mass is 10.0. The van der Waals surface area contributed by atoms with E-state index in [1.807, 2.05) is 12.1 Å². The number of hydrogen-bond acceptors (Lipinski definition) is 4. The summed E-state index contributed by atoms with van der Waals surface area (Å²) in [5.41, 5.74) is -0.995. The minimum absolute atomic E-state index is 0.427. The monoisotopic (exact) mass is 271 g/mol. The zero-order chi connectivity index (χ0) is 12.3.